The van der Waals surface area contributed by atoms with Crippen LogP contribution in [0.3, 0.4) is 0 Å². The molecule has 0 amide bonds. The molecule has 0 saturated heterocycles. The average Bonchev–Trinajstić information content (AvgIpc) is 2.92. The van der Waals surface area contributed by atoms with E-state index in [9.17, 15) is 14.7 Å². The molecular formula is C23H34O5. The minimum absolute atomic E-state index is 0.0268. The second kappa shape index (κ2) is 6.86. The van der Waals surface area contributed by atoms with Gasteiger partial charge in [0.2, 0.25) is 0 Å². The average molecular weight is 391 g/mol. The minimum Gasteiger partial charge on any atom is -0.462 e. The fourth-order valence-corrected chi connectivity index (χ4v) is 7.30. The normalized spacial score (nSPS) is 47.2. The zero-order chi connectivity index (χ0) is 20.3. The summed E-state index contributed by atoms with van der Waals surface area (Å²) < 4.78 is 11.2. The quantitative estimate of drug-likeness (QED) is 0.574. The third-order valence-corrected chi connectivity index (χ3v) is 8.64. The first-order valence-electron chi connectivity index (χ1n) is 10.9. The zero-order valence-corrected chi connectivity index (χ0v) is 17.6. The van der Waals surface area contributed by atoms with Gasteiger partial charge in [-0.05, 0) is 61.7 Å². The van der Waals surface area contributed by atoms with Crippen LogP contribution in [0.2, 0.25) is 0 Å². The van der Waals surface area contributed by atoms with Gasteiger partial charge in [-0.1, -0.05) is 25.5 Å². The standard InChI is InChI=1S/C23H34O5/c1-13(24)27-16-7-9-22(3)15(11-16)12-19(26)21-17-5-6-20(28-14(2)25)23(17,4)10-8-18(21)22/h12,16-21,26H,5-11H2,1-4H3/t16-,17?,18?,19-,20-,21?,22-,23-/m0/s1. The summed E-state index contributed by atoms with van der Waals surface area (Å²) in [7, 11) is 0. The van der Waals surface area contributed by atoms with Crippen molar-refractivity contribution >= 4 is 11.9 Å². The van der Waals surface area contributed by atoms with Gasteiger partial charge in [0.15, 0.2) is 0 Å². The van der Waals surface area contributed by atoms with Crippen molar-refractivity contribution in [3.63, 3.8) is 0 Å². The number of carbonyl (C=O) groups excluding carboxylic acids is 2. The molecule has 3 saturated carbocycles. The van der Waals surface area contributed by atoms with Gasteiger partial charge in [0.1, 0.15) is 12.2 Å². The van der Waals surface area contributed by atoms with E-state index in [2.05, 4.69) is 19.9 Å². The number of aliphatic hydroxyl groups excluding tert-OH is 1. The van der Waals surface area contributed by atoms with Gasteiger partial charge in [-0.15, -0.1) is 0 Å². The highest BCUT2D eigenvalue weighted by molar-refractivity contribution is 5.66. The summed E-state index contributed by atoms with van der Waals surface area (Å²) in [6.45, 7) is 7.58. The third kappa shape index (κ3) is 3.01. The zero-order valence-electron chi connectivity index (χ0n) is 17.6. The topological polar surface area (TPSA) is 72.8 Å². The number of rotatable bonds is 2. The minimum atomic E-state index is -0.468. The van der Waals surface area contributed by atoms with Crippen LogP contribution in [0.5, 0.6) is 0 Å². The van der Waals surface area contributed by atoms with Gasteiger partial charge in [-0.2, -0.15) is 0 Å². The van der Waals surface area contributed by atoms with E-state index in [0.29, 0.717) is 11.8 Å². The van der Waals surface area contributed by atoms with Crippen LogP contribution in [0.15, 0.2) is 11.6 Å². The SMILES string of the molecule is CC(=O)O[C@H]1CC[C@@]2(C)C(=C[C@H](O)C3C2CC[C@@]2(C)C3CC[C@@H]2OC(C)=O)C1. The Morgan fingerprint density at radius 3 is 2.39 bits per heavy atom. The van der Waals surface area contributed by atoms with Gasteiger partial charge in [0.25, 0.3) is 0 Å². The highest BCUT2D eigenvalue weighted by Gasteiger charge is 2.61. The number of hydrogen-bond acceptors (Lipinski definition) is 5. The van der Waals surface area contributed by atoms with Crippen molar-refractivity contribution in [3.05, 3.63) is 11.6 Å². The summed E-state index contributed by atoms with van der Waals surface area (Å²) >= 11 is 0. The molecule has 0 aliphatic heterocycles. The molecule has 4 aliphatic carbocycles. The van der Waals surface area contributed by atoms with E-state index in [4.69, 9.17) is 9.47 Å². The molecule has 0 bridgehead atoms. The number of aliphatic hydroxyl groups is 1. The summed E-state index contributed by atoms with van der Waals surface area (Å²) in [6.07, 6.45) is 8.17. The maximum Gasteiger partial charge on any atom is 0.302 e. The lowest BCUT2D eigenvalue weighted by Crippen LogP contribution is -2.55. The number of carbonyl (C=O) groups is 2. The lowest BCUT2D eigenvalue weighted by atomic mass is 9.47. The molecule has 0 aromatic heterocycles. The van der Waals surface area contributed by atoms with Crippen molar-refractivity contribution in [2.45, 2.75) is 91.0 Å². The summed E-state index contributed by atoms with van der Waals surface area (Å²) in [4.78, 5) is 23.0. The Morgan fingerprint density at radius 2 is 1.71 bits per heavy atom. The number of hydrogen-bond donors (Lipinski definition) is 1. The van der Waals surface area contributed by atoms with Crippen molar-refractivity contribution in [2.75, 3.05) is 0 Å². The number of ether oxygens (including phenoxy) is 2. The molecule has 0 heterocycles. The molecule has 0 spiro atoms. The smallest absolute Gasteiger partial charge is 0.302 e. The Balaban J connectivity index is 1.61. The van der Waals surface area contributed by atoms with Gasteiger partial charge < -0.3 is 14.6 Å². The first kappa shape index (κ1) is 19.9. The Bertz CT molecular complexity index is 699. The van der Waals surface area contributed by atoms with Gasteiger partial charge in [-0.25, -0.2) is 0 Å². The molecule has 3 fully saturated rings. The highest BCUT2D eigenvalue weighted by atomic mass is 16.5. The lowest BCUT2D eigenvalue weighted by molar-refractivity contribution is -0.159. The molecular weight excluding hydrogens is 356 g/mol. The first-order chi connectivity index (χ1) is 13.1. The lowest BCUT2D eigenvalue weighted by Gasteiger charge is -2.58. The molecule has 28 heavy (non-hydrogen) atoms. The van der Waals surface area contributed by atoms with Crippen LogP contribution in [0.4, 0.5) is 0 Å². The molecule has 4 aliphatic rings. The maximum atomic E-state index is 11.6. The van der Waals surface area contributed by atoms with Gasteiger partial charge in [0.05, 0.1) is 6.10 Å². The molecule has 4 rings (SSSR count). The summed E-state index contributed by atoms with van der Waals surface area (Å²) in [5.74, 6) is 0.621. The molecule has 1 N–H and O–H groups in total. The van der Waals surface area contributed by atoms with E-state index < -0.39 is 6.10 Å². The molecule has 5 heteroatoms. The summed E-state index contributed by atoms with van der Waals surface area (Å²) in [6, 6.07) is 0. The number of esters is 2. The predicted molar refractivity (Wildman–Crippen MR) is 104 cm³/mol. The fraction of sp³-hybridized carbons (Fsp3) is 0.826. The third-order valence-electron chi connectivity index (χ3n) is 8.64. The van der Waals surface area contributed by atoms with E-state index in [1.807, 2.05) is 0 Å². The molecule has 5 nitrogen and oxygen atoms in total. The van der Waals surface area contributed by atoms with Crippen molar-refractivity contribution < 1.29 is 24.2 Å². The van der Waals surface area contributed by atoms with E-state index in [0.717, 1.165) is 44.9 Å². The van der Waals surface area contributed by atoms with Crippen molar-refractivity contribution in [1.29, 1.82) is 0 Å². The van der Waals surface area contributed by atoms with Crippen molar-refractivity contribution in [1.82, 2.24) is 0 Å². The second-order valence-corrected chi connectivity index (χ2v) is 10.1. The fourth-order valence-electron chi connectivity index (χ4n) is 7.30. The van der Waals surface area contributed by atoms with Crippen LogP contribution < -0.4 is 0 Å². The summed E-state index contributed by atoms with van der Waals surface area (Å²) in [5, 5.41) is 11.2. The van der Waals surface area contributed by atoms with Crippen LogP contribution in [-0.4, -0.2) is 35.4 Å². The molecule has 8 atom stereocenters. The summed E-state index contributed by atoms with van der Waals surface area (Å²) in [5.41, 5.74) is 1.31. The maximum absolute atomic E-state index is 11.6. The molecule has 0 aromatic carbocycles. The molecule has 156 valence electrons. The van der Waals surface area contributed by atoms with Gasteiger partial charge in [0, 0.05) is 25.7 Å². The molecule has 0 aromatic rings. The van der Waals surface area contributed by atoms with E-state index >= 15 is 0 Å². The van der Waals surface area contributed by atoms with Gasteiger partial charge >= 0.3 is 11.9 Å². The van der Waals surface area contributed by atoms with Gasteiger partial charge in [-0.3, -0.25) is 9.59 Å². The van der Waals surface area contributed by atoms with Crippen LogP contribution in [0.1, 0.15) is 72.6 Å². The Morgan fingerprint density at radius 1 is 1.00 bits per heavy atom. The van der Waals surface area contributed by atoms with Crippen LogP contribution in [0.25, 0.3) is 0 Å². The van der Waals surface area contributed by atoms with Crippen LogP contribution >= 0.6 is 0 Å². The molecule has 3 unspecified atom stereocenters. The van der Waals surface area contributed by atoms with Crippen LogP contribution in [0, 0.1) is 28.6 Å². The van der Waals surface area contributed by atoms with Crippen LogP contribution in [-0.2, 0) is 19.1 Å². The van der Waals surface area contributed by atoms with Crippen molar-refractivity contribution in [2.24, 2.45) is 28.6 Å². The Labute approximate surface area is 167 Å². The second-order valence-electron chi connectivity index (χ2n) is 10.1. The van der Waals surface area contributed by atoms with E-state index in [1.54, 1.807) is 0 Å². The predicted octanol–water partition coefficient (Wildman–Crippen LogP) is 3.78. The first-order valence-corrected chi connectivity index (χ1v) is 10.9. The Kier molecular flexibility index (Phi) is 4.88. The van der Waals surface area contributed by atoms with Crippen molar-refractivity contribution in [3.8, 4) is 0 Å². The largest absolute Gasteiger partial charge is 0.462 e. The molecule has 0 radical (unpaired) electrons. The Hall–Kier alpha value is -1.36. The highest BCUT2D eigenvalue weighted by Crippen LogP contribution is 2.65. The monoisotopic (exact) mass is 390 g/mol. The number of fused-ring (bicyclic) bond motifs is 5. The van der Waals surface area contributed by atoms with E-state index in [1.165, 1.54) is 19.4 Å². The van der Waals surface area contributed by atoms with E-state index in [-0.39, 0.29) is 40.9 Å².